The van der Waals surface area contributed by atoms with E-state index >= 15 is 0 Å². The van der Waals surface area contributed by atoms with E-state index in [9.17, 15) is 9.59 Å². The number of hydrogen-bond donors (Lipinski definition) is 2. The fourth-order valence-electron chi connectivity index (χ4n) is 1.89. The Hall–Kier alpha value is -2.07. The number of nitrogens with one attached hydrogen (secondary N) is 1. The van der Waals surface area contributed by atoms with Crippen LogP contribution in [0.2, 0.25) is 0 Å². The van der Waals surface area contributed by atoms with Gasteiger partial charge < -0.3 is 20.2 Å². The van der Waals surface area contributed by atoms with Crippen LogP contribution in [0.3, 0.4) is 0 Å². The minimum absolute atomic E-state index is 0.00109. The Morgan fingerprint density at radius 2 is 1.90 bits per heavy atom. The molecule has 1 saturated heterocycles. The van der Waals surface area contributed by atoms with Gasteiger partial charge in [0.05, 0.1) is 0 Å². The van der Waals surface area contributed by atoms with E-state index in [1.807, 2.05) is 6.07 Å². The summed E-state index contributed by atoms with van der Waals surface area (Å²) >= 11 is 0. The molecule has 1 fully saturated rings. The van der Waals surface area contributed by atoms with Crippen molar-refractivity contribution in [2.24, 2.45) is 0 Å². The van der Waals surface area contributed by atoms with Crippen molar-refractivity contribution in [3.05, 3.63) is 11.8 Å². The molecule has 7 heteroatoms. The molecule has 0 radical (unpaired) electrons. The van der Waals surface area contributed by atoms with E-state index in [-0.39, 0.29) is 24.0 Å². The largest absolute Gasteiger partial charge is 0.396 e. The molecule has 0 aromatic carbocycles. The highest BCUT2D eigenvalue weighted by atomic mass is 16.3. The average molecular weight is 280 g/mol. The number of amides is 2. The van der Waals surface area contributed by atoms with Gasteiger partial charge in [-0.2, -0.15) is 5.26 Å². The van der Waals surface area contributed by atoms with Crippen LogP contribution in [-0.4, -0.2) is 66.1 Å². The molecular weight excluding hydrogens is 260 g/mol. The van der Waals surface area contributed by atoms with Gasteiger partial charge >= 0.3 is 0 Å². The zero-order valence-electron chi connectivity index (χ0n) is 11.6. The fourth-order valence-corrected chi connectivity index (χ4v) is 1.89. The van der Waals surface area contributed by atoms with Crippen LogP contribution in [0.5, 0.6) is 0 Å². The minimum Gasteiger partial charge on any atom is -0.396 e. The first-order valence-electron chi connectivity index (χ1n) is 6.59. The van der Waals surface area contributed by atoms with Crippen molar-refractivity contribution >= 4 is 11.8 Å². The molecule has 7 nitrogen and oxygen atoms in total. The molecule has 110 valence electrons. The summed E-state index contributed by atoms with van der Waals surface area (Å²) in [4.78, 5) is 26.6. The maximum atomic E-state index is 12.1. The summed E-state index contributed by atoms with van der Waals surface area (Å²) in [6, 6.07) is 1.87. The van der Waals surface area contributed by atoms with Gasteiger partial charge in [0.15, 0.2) is 0 Å². The van der Waals surface area contributed by atoms with E-state index in [0.29, 0.717) is 39.1 Å². The van der Waals surface area contributed by atoms with Crippen LogP contribution in [0.4, 0.5) is 0 Å². The molecule has 0 saturated carbocycles. The van der Waals surface area contributed by atoms with Gasteiger partial charge in [-0.3, -0.25) is 9.59 Å². The zero-order chi connectivity index (χ0) is 15.0. The maximum Gasteiger partial charge on any atom is 0.266 e. The lowest BCUT2D eigenvalue weighted by atomic mass is 10.2. The van der Waals surface area contributed by atoms with Crippen LogP contribution in [0, 0.1) is 11.3 Å². The second kappa shape index (κ2) is 8.17. The van der Waals surface area contributed by atoms with Crippen molar-refractivity contribution in [2.75, 3.05) is 39.3 Å². The van der Waals surface area contributed by atoms with Gasteiger partial charge in [0.2, 0.25) is 5.91 Å². The summed E-state index contributed by atoms with van der Waals surface area (Å²) in [7, 11) is 0. The minimum atomic E-state index is -0.327. The van der Waals surface area contributed by atoms with Crippen LogP contribution < -0.4 is 5.32 Å². The molecular formula is C13H20N4O3. The van der Waals surface area contributed by atoms with E-state index in [0.717, 1.165) is 0 Å². The maximum absolute atomic E-state index is 12.1. The number of piperazine rings is 1. The first-order valence-corrected chi connectivity index (χ1v) is 6.59. The molecule has 0 aromatic rings. The summed E-state index contributed by atoms with van der Waals surface area (Å²) in [5.74, 6) is -0.328. The number of aliphatic hydroxyl groups is 1. The highest BCUT2D eigenvalue weighted by molar-refractivity contribution is 5.97. The molecule has 0 aliphatic carbocycles. The summed E-state index contributed by atoms with van der Waals surface area (Å²) in [5, 5.41) is 20.5. The highest BCUT2D eigenvalue weighted by Gasteiger charge is 2.24. The Kier molecular flexibility index (Phi) is 6.53. The van der Waals surface area contributed by atoms with Crippen molar-refractivity contribution in [3.63, 3.8) is 0 Å². The smallest absolute Gasteiger partial charge is 0.266 e. The lowest BCUT2D eigenvalue weighted by Crippen LogP contribution is -2.50. The van der Waals surface area contributed by atoms with Crippen molar-refractivity contribution in [2.45, 2.75) is 13.3 Å². The quantitative estimate of drug-likeness (QED) is 0.385. The highest BCUT2D eigenvalue weighted by Crippen LogP contribution is 2.06. The van der Waals surface area contributed by atoms with Gasteiger partial charge in [-0.05, 0) is 6.42 Å². The van der Waals surface area contributed by atoms with E-state index in [1.54, 1.807) is 9.80 Å². The SMILES string of the molecule is CC(=O)N1CCN(C(=O)/C(C#N)=C\NCCCO)CC1. The van der Waals surface area contributed by atoms with Crippen LogP contribution in [0.1, 0.15) is 13.3 Å². The molecule has 0 aromatic heterocycles. The molecule has 20 heavy (non-hydrogen) atoms. The normalized spacial score (nSPS) is 15.8. The molecule has 0 unspecified atom stereocenters. The Morgan fingerprint density at radius 3 is 2.40 bits per heavy atom. The molecule has 1 rings (SSSR count). The van der Waals surface area contributed by atoms with Gasteiger partial charge in [0.25, 0.3) is 5.91 Å². The molecule has 0 bridgehead atoms. The lowest BCUT2D eigenvalue weighted by molar-refractivity contribution is -0.136. The summed E-state index contributed by atoms with van der Waals surface area (Å²) in [6.07, 6.45) is 1.94. The van der Waals surface area contributed by atoms with Crippen molar-refractivity contribution < 1.29 is 14.7 Å². The second-order valence-corrected chi connectivity index (χ2v) is 4.50. The van der Waals surface area contributed by atoms with E-state index in [4.69, 9.17) is 10.4 Å². The topological polar surface area (TPSA) is 96.7 Å². The number of carbonyl (C=O) groups is 2. The van der Waals surface area contributed by atoms with Crippen LogP contribution in [-0.2, 0) is 9.59 Å². The van der Waals surface area contributed by atoms with Gasteiger partial charge in [0, 0.05) is 52.5 Å². The number of rotatable bonds is 5. The summed E-state index contributed by atoms with van der Waals surface area (Å²) < 4.78 is 0. The van der Waals surface area contributed by atoms with Gasteiger partial charge in [0.1, 0.15) is 11.6 Å². The zero-order valence-corrected chi connectivity index (χ0v) is 11.6. The third-order valence-corrected chi connectivity index (χ3v) is 3.09. The number of carbonyl (C=O) groups excluding carboxylic acids is 2. The fraction of sp³-hybridized carbons (Fsp3) is 0.615. The monoisotopic (exact) mass is 280 g/mol. The van der Waals surface area contributed by atoms with Crippen molar-refractivity contribution in [3.8, 4) is 6.07 Å². The Labute approximate surface area is 118 Å². The predicted molar refractivity (Wildman–Crippen MR) is 72.2 cm³/mol. The Balaban J connectivity index is 2.52. The number of nitrogens with zero attached hydrogens (tertiary/aromatic N) is 3. The predicted octanol–water partition coefficient (Wildman–Crippen LogP) is -0.943. The van der Waals surface area contributed by atoms with Crippen molar-refractivity contribution in [1.82, 2.24) is 15.1 Å². The third-order valence-electron chi connectivity index (χ3n) is 3.09. The first kappa shape index (κ1) is 16.0. The van der Waals surface area contributed by atoms with E-state index < -0.39 is 0 Å². The molecule has 1 heterocycles. The lowest BCUT2D eigenvalue weighted by Gasteiger charge is -2.34. The van der Waals surface area contributed by atoms with Crippen LogP contribution in [0.25, 0.3) is 0 Å². The second-order valence-electron chi connectivity index (χ2n) is 4.50. The molecule has 2 N–H and O–H groups in total. The molecule has 1 aliphatic heterocycles. The Morgan fingerprint density at radius 1 is 1.30 bits per heavy atom. The number of nitriles is 1. The van der Waals surface area contributed by atoms with Gasteiger partial charge in [-0.1, -0.05) is 0 Å². The number of hydrogen-bond acceptors (Lipinski definition) is 5. The third kappa shape index (κ3) is 4.55. The molecule has 0 spiro atoms. The van der Waals surface area contributed by atoms with Gasteiger partial charge in [-0.25, -0.2) is 0 Å². The van der Waals surface area contributed by atoms with Crippen LogP contribution >= 0.6 is 0 Å². The number of aliphatic hydroxyl groups excluding tert-OH is 1. The molecule has 2 amide bonds. The van der Waals surface area contributed by atoms with Crippen molar-refractivity contribution in [1.29, 1.82) is 5.26 Å². The van der Waals surface area contributed by atoms with E-state index in [1.165, 1.54) is 13.1 Å². The molecule has 1 aliphatic rings. The standard InChI is InChI=1S/C13H20N4O3/c1-11(19)16-4-6-17(7-5-16)13(20)12(9-14)10-15-3-2-8-18/h10,15,18H,2-8H2,1H3/b12-10-. The summed E-state index contributed by atoms with van der Waals surface area (Å²) in [6.45, 7) is 3.94. The first-order chi connectivity index (χ1) is 9.60. The van der Waals surface area contributed by atoms with Gasteiger partial charge in [-0.15, -0.1) is 0 Å². The Bertz CT molecular complexity index is 420. The summed E-state index contributed by atoms with van der Waals surface area (Å²) in [5.41, 5.74) is 0.0409. The van der Waals surface area contributed by atoms with E-state index in [2.05, 4.69) is 5.32 Å². The molecule has 0 atom stereocenters. The van der Waals surface area contributed by atoms with Crippen LogP contribution in [0.15, 0.2) is 11.8 Å². The average Bonchev–Trinajstić information content (AvgIpc) is 2.47.